The van der Waals surface area contributed by atoms with Gasteiger partial charge in [-0.15, -0.1) is 0 Å². The molecule has 4 nitrogen and oxygen atoms in total. The first-order valence-corrected chi connectivity index (χ1v) is 6.81. The minimum Gasteiger partial charge on any atom is -0.445 e. The van der Waals surface area contributed by atoms with Gasteiger partial charge in [0.25, 0.3) is 0 Å². The smallest absolute Gasteiger partial charge is 0.236 e. The molecule has 1 aromatic carbocycles. The molecular weight excluding hydrogens is 235 g/mol. The molecule has 0 aliphatic carbocycles. The summed E-state index contributed by atoms with van der Waals surface area (Å²) in [5.74, 6) is 0.693. The molecule has 0 fully saturated rings. The van der Waals surface area contributed by atoms with Gasteiger partial charge in [-0.25, -0.2) is 9.97 Å². The molecular formula is C12H15N2O2P. The molecule has 0 saturated heterocycles. The van der Waals surface area contributed by atoms with Crippen LogP contribution in [0, 0.1) is 0 Å². The molecule has 17 heavy (non-hydrogen) atoms. The Bertz CT molecular complexity index is 396. The highest BCUT2D eigenvalue weighted by Gasteiger charge is 1.95. The maximum absolute atomic E-state index is 10.9. The molecule has 0 spiro atoms. The molecule has 1 atom stereocenters. The Balaban J connectivity index is 0.000000202. The molecule has 0 aliphatic rings. The first-order chi connectivity index (χ1) is 8.33. The monoisotopic (exact) mass is 250 g/mol. The summed E-state index contributed by atoms with van der Waals surface area (Å²) in [5, 5.41) is 0. The zero-order valence-electron chi connectivity index (χ0n) is 9.61. The molecule has 1 unspecified atom stereocenters. The summed E-state index contributed by atoms with van der Waals surface area (Å²) in [7, 11) is -1.83. The minimum atomic E-state index is -1.83. The molecule has 0 radical (unpaired) electrons. The van der Waals surface area contributed by atoms with Crippen molar-refractivity contribution in [3.63, 3.8) is 0 Å². The molecule has 0 bridgehead atoms. The highest BCUT2D eigenvalue weighted by molar-refractivity contribution is 7.39. The summed E-state index contributed by atoms with van der Waals surface area (Å²) in [6, 6.07) is 11.0. The van der Waals surface area contributed by atoms with Crippen molar-refractivity contribution in [2.75, 3.05) is 6.16 Å². The lowest BCUT2D eigenvalue weighted by Gasteiger charge is -2.01. The van der Waals surface area contributed by atoms with Crippen LogP contribution >= 0.6 is 8.03 Å². The Morgan fingerprint density at radius 2 is 1.76 bits per heavy atom. The average molecular weight is 250 g/mol. The predicted octanol–water partition coefficient (Wildman–Crippen LogP) is 3.04. The molecule has 1 aromatic heterocycles. The van der Waals surface area contributed by atoms with Gasteiger partial charge in [-0.3, -0.25) is 4.57 Å². The Morgan fingerprint density at radius 3 is 2.18 bits per heavy atom. The topological polar surface area (TPSA) is 52.1 Å². The average Bonchev–Trinajstić information content (AvgIpc) is 2.42. The highest BCUT2D eigenvalue weighted by Crippen LogP contribution is 2.25. The lowest BCUT2D eigenvalue weighted by atomic mass is 10.3. The van der Waals surface area contributed by atoms with Gasteiger partial charge in [0, 0.05) is 18.6 Å². The van der Waals surface area contributed by atoms with Gasteiger partial charge in [-0.05, 0) is 18.2 Å². The second-order valence-electron chi connectivity index (χ2n) is 3.04. The van der Waals surface area contributed by atoms with Crippen molar-refractivity contribution in [1.29, 1.82) is 0 Å². The molecule has 0 saturated carbocycles. The zero-order valence-corrected chi connectivity index (χ0v) is 10.6. The van der Waals surface area contributed by atoms with E-state index in [1.54, 1.807) is 30.6 Å². The van der Waals surface area contributed by atoms with E-state index in [4.69, 9.17) is 4.52 Å². The molecule has 0 N–H and O–H groups in total. The van der Waals surface area contributed by atoms with Crippen LogP contribution in [-0.2, 0) is 4.57 Å². The molecule has 0 amide bonds. The van der Waals surface area contributed by atoms with Crippen LogP contribution in [-0.4, -0.2) is 16.1 Å². The first kappa shape index (κ1) is 13.4. The molecule has 0 aliphatic heterocycles. The normalized spacial score (nSPS) is 10.9. The summed E-state index contributed by atoms with van der Waals surface area (Å²) in [5.41, 5.74) is 0. The number of aromatic nitrogens is 2. The molecule has 2 aromatic rings. The largest absolute Gasteiger partial charge is 0.445 e. The summed E-state index contributed by atoms with van der Waals surface area (Å²) in [6.45, 7) is 1.85. The second kappa shape index (κ2) is 8.48. The predicted molar refractivity (Wildman–Crippen MR) is 68.6 cm³/mol. The third-order valence-corrected chi connectivity index (χ3v) is 2.78. The van der Waals surface area contributed by atoms with Crippen LogP contribution in [0.15, 0.2) is 55.1 Å². The van der Waals surface area contributed by atoms with Crippen LogP contribution in [0.5, 0.6) is 5.75 Å². The van der Waals surface area contributed by atoms with E-state index in [9.17, 15) is 4.57 Å². The first-order valence-electron chi connectivity index (χ1n) is 5.28. The van der Waals surface area contributed by atoms with Gasteiger partial charge >= 0.3 is 0 Å². The van der Waals surface area contributed by atoms with E-state index in [1.165, 1.54) is 6.33 Å². The molecule has 1 heterocycles. The molecule has 5 heteroatoms. The maximum atomic E-state index is 10.9. The van der Waals surface area contributed by atoms with Crippen molar-refractivity contribution in [3.8, 4) is 5.75 Å². The number of nitrogens with zero attached hydrogens (tertiary/aromatic N) is 2. The van der Waals surface area contributed by atoms with Crippen LogP contribution in [0.25, 0.3) is 0 Å². The summed E-state index contributed by atoms with van der Waals surface area (Å²) in [6.07, 6.45) is 5.47. The number of benzene rings is 1. The SMILES string of the molecule is CC[PH](=O)Oc1ccccc1.c1cncnc1. The van der Waals surface area contributed by atoms with Gasteiger partial charge in [0.1, 0.15) is 12.1 Å². The fraction of sp³-hybridized carbons (Fsp3) is 0.167. The van der Waals surface area contributed by atoms with Gasteiger partial charge in [0.15, 0.2) is 0 Å². The van der Waals surface area contributed by atoms with Crippen molar-refractivity contribution < 1.29 is 9.09 Å². The highest BCUT2D eigenvalue weighted by atomic mass is 31.1. The van der Waals surface area contributed by atoms with E-state index in [1.807, 2.05) is 25.1 Å². The van der Waals surface area contributed by atoms with Crippen LogP contribution in [0.3, 0.4) is 0 Å². The van der Waals surface area contributed by atoms with Gasteiger partial charge < -0.3 is 4.52 Å². The second-order valence-corrected chi connectivity index (χ2v) is 4.70. The van der Waals surface area contributed by atoms with E-state index in [2.05, 4.69) is 9.97 Å². The third kappa shape index (κ3) is 6.48. The summed E-state index contributed by atoms with van der Waals surface area (Å²) < 4.78 is 16.1. The van der Waals surface area contributed by atoms with Crippen LogP contribution < -0.4 is 4.52 Å². The molecule has 2 rings (SSSR count). The van der Waals surface area contributed by atoms with E-state index in [0.717, 1.165) is 0 Å². The van der Waals surface area contributed by atoms with E-state index in [-0.39, 0.29) is 0 Å². The van der Waals surface area contributed by atoms with E-state index >= 15 is 0 Å². The van der Waals surface area contributed by atoms with E-state index in [0.29, 0.717) is 11.9 Å². The zero-order chi connectivity index (χ0) is 12.3. The third-order valence-electron chi connectivity index (χ3n) is 1.74. The van der Waals surface area contributed by atoms with Crippen LogP contribution in [0.2, 0.25) is 0 Å². The van der Waals surface area contributed by atoms with Gasteiger partial charge in [0.2, 0.25) is 8.03 Å². The van der Waals surface area contributed by atoms with Gasteiger partial charge in [0.05, 0.1) is 0 Å². The van der Waals surface area contributed by atoms with Crippen LogP contribution in [0.1, 0.15) is 6.92 Å². The van der Waals surface area contributed by atoms with Crippen molar-refractivity contribution in [1.82, 2.24) is 9.97 Å². The van der Waals surface area contributed by atoms with Gasteiger partial charge in [-0.2, -0.15) is 0 Å². The van der Waals surface area contributed by atoms with Gasteiger partial charge in [-0.1, -0.05) is 25.1 Å². The van der Waals surface area contributed by atoms with Crippen molar-refractivity contribution in [2.45, 2.75) is 6.92 Å². The number of hydrogen-bond acceptors (Lipinski definition) is 4. The van der Waals surface area contributed by atoms with E-state index < -0.39 is 8.03 Å². The number of para-hydroxylation sites is 1. The lowest BCUT2D eigenvalue weighted by Crippen LogP contribution is -1.81. The van der Waals surface area contributed by atoms with Crippen molar-refractivity contribution >= 4 is 8.03 Å². The minimum absolute atomic E-state index is 0.597. The Morgan fingerprint density at radius 1 is 1.12 bits per heavy atom. The quantitative estimate of drug-likeness (QED) is 0.785. The fourth-order valence-corrected chi connectivity index (χ4v) is 1.49. The number of rotatable bonds is 3. The Labute approximate surface area is 102 Å². The Hall–Kier alpha value is -1.67. The van der Waals surface area contributed by atoms with Crippen molar-refractivity contribution in [2.24, 2.45) is 0 Å². The lowest BCUT2D eigenvalue weighted by molar-refractivity contribution is 0.506. The summed E-state index contributed by atoms with van der Waals surface area (Å²) in [4.78, 5) is 7.35. The van der Waals surface area contributed by atoms with Crippen LogP contribution in [0.4, 0.5) is 0 Å². The summed E-state index contributed by atoms with van der Waals surface area (Å²) >= 11 is 0. The molecule has 90 valence electrons. The maximum Gasteiger partial charge on any atom is 0.236 e. The Kier molecular flexibility index (Phi) is 6.68. The van der Waals surface area contributed by atoms with Crippen molar-refractivity contribution in [3.05, 3.63) is 55.1 Å². The standard InChI is InChI=1S/C8H11O2P.C4H4N2/c1-2-11(9)10-8-6-4-3-5-7-8;1-2-5-4-6-3-1/h3-7,11H,2H2,1H3;1-4H. The fourth-order valence-electron chi connectivity index (χ4n) is 0.945. The number of hydrogen-bond donors (Lipinski definition) is 0.